The van der Waals surface area contributed by atoms with Gasteiger partial charge < -0.3 is 9.84 Å². The van der Waals surface area contributed by atoms with Gasteiger partial charge in [0.05, 0.1) is 10.6 Å². The number of hydrogen-bond donors (Lipinski definition) is 1. The van der Waals surface area contributed by atoms with Crippen LogP contribution in [-0.4, -0.2) is 36.9 Å². The molecular weight excluding hydrogens is 366 g/mol. The fraction of sp³-hybridized carbons (Fsp3) is 0.474. The maximum Gasteiger partial charge on any atom is 0.261 e. The minimum atomic E-state index is -3.53. The Bertz CT molecular complexity index is 905. The van der Waals surface area contributed by atoms with Crippen LogP contribution >= 0.6 is 0 Å². The molecule has 8 heteroatoms. The van der Waals surface area contributed by atoms with Gasteiger partial charge in [0.25, 0.3) is 5.91 Å². The molecule has 1 N–H and O–H groups in total. The normalized spacial score (nSPS) is 21.2. The van der Waals surface area contributed by atoms with Gasteiger partial charge in [-0.2, -0.15) is 4.31 Å². The first-order chi connectivity index (χ1) is 12.7. The number of aryl methyl sites for hydroxylation is 2. The average molecular weight is 391 g/mol. The number of aromatic nitrogens is 1. The summed E-state index contributed by atoms with van der Waals surface area (Å²) in [7, 11) is -3.53. The summed E-state index contributed by atoms with van der Waals surface area (Å²) >= 11 is 0. The molecular formula is C19H25N3O4S. The van der Waals surface area contributed by atoms with Gasteiger partial charge >= 0.3 is 0 Å². The van der Waals surface area contributed by atoms with Crippen molar-refractivity contribution in [2.45, 2.75) is 39.0 Å². The zero-order valence-electron chi connectivity index (χ0n) is 16.0. The molecule has 27 heavy (non-hydrogen) atoms. The molecule has 1 aromatic carbocycles. The maximum atomic E-state index is 12.9. The number of rotatable bonds is 4. The summed E-state index contributed by atoms with van der Waals surface area (Å²) in [6.07, 6.45) is 1.04. The number of carbonyl (C=O) groups excluding carboxylic acids is 1. The van der Waals surface area contributed by atoms with Crippen molar-refractivity contribution >= 4 is 21.6 Å². The van der Waals surface area contributed by atoms with Crippen LogP contribution in [0, 0.1) is 25.7 Å². The molecule has 2 heterocycles. The second-order valence-corrected chi connectivity index (χ2v) is 9.38. The van der Waals surface area contributed by atoms with E-state index in [9.17, 15) is 13.2 Å². The molecule has 146 valence electrons. The van der Waals surface area contributed by atoms with Crippen molar-refractivity contribution in [3.63, 3.8) is 0 Å². The summed E-state index contributed by atoms with van der Waals surface area (Å²) in [4.78, 5) is 12.6. The van der Waals surface area contributed by atoms with E-state index in [-0.39, 0.29) is 10.8 Å². The third kappa shape index (κ3) is 4.06. The molecule has 2 atom stereocenters. The molecule has 3 rings (SSSR count). The van der Waals surface area contributed by atoms with Crippen molar-refractivity contribution in [2.24, 2.45) is 11.8 Å². The molecule has 1 aliphatic heterocycles. The summed E-state index contributed by atoms with van der Waals surface area (Å²) in [5.41, 5.74) is 1.42. The highest BCUT2D eigenvalue weighted by molar-refractivity contribution is 7.89. The zero-order chi connectivity index (χ0) is 19.8. The first-order valence-corrected chi connectivity index (χ1v) is 10.5. The van der Waals surface area contributed by atoms with E-state index >= 15 is 0 Å². The van der Waals surface area contributed by atoms with E-state index in [1.165, 1.54) is 12.1 Å². The van der Waals surface area contributed by atoms with E-state index in [1.807, 2.05) is 0 Å². The van der Waals surface area contributed by atoms with Crippen molar-refractivity contribution in [3.8, 4) is 0 Å². The standard InChI is InChI=1S/C19H25N3O4S/c1-12-9-13(2)11-22(10-12)27(24,25)17-7-5-16(6-8-17)20-19(23)18-14(3)21-26-15(18)4/h5-8,12-13H,9-11H2,1-4H3,(H,20,23)/t12-,13+. The summed E-state index contributed by atoms with van der Waals surface area (Å²) in [6, 6.07) is 6.25. The van der Waals surface area contributed by atoms with Crippen LogP contribution in [0.1, 0.15) is 42.1 Å². The minimum Gasteiger partial charge on any atom is -0.361 e. The van der Waals surface area contributed by atoms with Gasteiger partial charge in [-0.1, -0.05) is 19.0 Å². The number of hydrogen-bond acceptors (Lipinski definition) is 5. The molecule has 1 fully saturated rings. The molecule has 0 aliphatic carbocycles. The predicted octanol–water partition coefficient (Wildman–Crippen LogP) is 3.21. The number of nitrogens with one attached hydrogen (secondary N) is 1. The van der Waals surface area contributed by atoms with Gasteiger partial charge in [-0.05, 0) is 56.4 Å². The molecule has 0 spiro atoms. The van der Waals surface area contributed by atoms with Gasteiger partial charge in [-0.15, -0.1) is 0 Å². The van der Waals surface area contributed by atoms with Crippen LogP contribution in [0.25, 0.3) is 0 Å². The van der Waals surface area contributed by atoms with E-state index in [4.69, 9.17) is 4.52 Å². The molecule has 2 aromatic rings. The minimum absolute atomic E-state index is 0.235. The van der Waals surface area contributed by atoms with Crippen LogP contribution in [0.15, 0.2) is 33.7 Å². The second-order valence-electron chi connectivity index (χ2n) is 7.45. The van der Waals surface area contributed by atoms with Crippen LogP contribution in [0.3, 0.4) is 0 Å². The molecule has 1 aromatic heterocycles. The predicted molar refractivity (Wildman–Crippen MR) is 102 cm³/mol. The quantitative estimate of drug-likeness (QED) is 0.864. The Hall–Kier alpha value is -2.19. The van der Waals surface area contributed by atoms with Crippen molar-refractivity contribution < 1.29 is 17.7 Å². The first kappa shape index (κ1) is 19.6. The van der Waals surface area contributed by atoms with Crippen LogP contribution in [0.4, 0.5) is 5.69 Å². The Morgan fingerprint density at radius 1 is 1.15 bits per heavy atom. The molecule has 1 saturated heterocycles. The average Bonchev–Trinajstić information content (AvgIpc) is 2.93. The van der Waals surface area contributed by atoms with Crippen molar-refractivity contribution in [1.29, 1.82) is 0 Å². The van der Waals surface area contributed by atoms with Crippen LogP contribution in [-0.2, 0) is 10.0 Å². The lowest BCUT2D eigenvalue weighted by Crippen LogP contribution is -2.42. The van der Waals surface area contributed by atoms with Gasteiger partial charge in [-0.3, -0.25) is 4.79 Å². The SMILES string of the molecule is Cc1noc(C)c1C(=O)Nc1ccc(S(=O)(=O)N2C[C@H](C)C[C@H](C)C2)cc1. The van der Waals surface area contributed by atoms with Crippen molar-refractivity contribution in [3.05, 3.63) is 41.3 Å². The van der Waals surface area contributed by atoms with Gasteiger partial charge in [0, 0.05) is 18.8 Å². The van der Waals surface area contributed by atoms with Crippen molar-refractivity contribution in [2.75, 3.05) is 18.4 Å². The Labute approximate surface area is 159 Å². The maximum absolute atomic E-state index is 12.9. The summed E-state index contributed by atoms with van der Waals surface area (Å²) in [6.45, 7) is 8.60. The van der Waals surface area contributed by atoms with E-state index in [1.54, 1.807) is 30.3 Å². The Kier molecular flexibility index (Phi) is 5.39. The van der Waals surface area contributed by atoms with Crippen molar-refractivity contribution in [1.82, 2.24) is 9.46 Å². The number of sulfonamides is 1. The van der Waals surface area contributed by atoms with Crippen LogP contribution < -0.4 is 5.32 Å². The summed E-state index contributed by atoms with van der Waals surface area (Å²) in [5, 5.41) is 6.52. The van der Waals surface area contributed by atoms with Crippen LogP contribution in [0.2, 0.25) is 0 Å². The van der Waals surface area contributed by atoms with E-state index in [2.05, 4.69) is 24.3 Å². The topological polar surface area (TPSA) is 92.5 Å². The monoisotopic (exact) mass is 391 g/mol. The molecule has 0 radical (unpaired) electrons. The van der Waals surface area contributed by atoms with Gasteiger partial charge in [-0.25, -0.2) is 8.42 Å². The smallest absolute Gasteiger partial charge is 0.261 e. The van der Waals surface area contributed by atoms with E-state index in [0.29, 0.717) is 47.6 Å². The fourth-order valence-corrected chi connectivity index (χ4v) is 5.34. The lowest BCUT2D eigenvalue weighted by molar-refractivity contribution is 0.102. The van der Waals surface area contributed by atoms with Crippen LogP contribution in [0.5, 0.6) is 0 Å². The second kappa shape index (κ2) is 7.44. The lowest BCUT2D eigenvalue weighted by Gasteiger charge is -2.34. The Morgan fingerprint density at radius 2 is 1.74 bits per heavy atom. The molecule has 0 unspecified atom stereocenters. The van der Waals surface area contributed by atoms with Gasteiger partial charge in [0.15, 0.2) is 0 Å². The number of amides is 1. The number of nitrogens with zero attached hydrogens (tertiary/aromatic N) is 2. The molecule has 1 aliphatic rings. The lowest BCUT2D eigenvalue weighted by atomic mass is 9.94. The molecule has 0 saturated carbocycles. The Balaban J connectivity index is 1.76. The van der Waals surface area contributed by atoms with Gasteiger partial charge in [0.2, 0.25) is 10.0 Å². The number of piperidine rings is 1. The first-order valence-electron chi connectivity index (χ1n) is 9.03. The summed E-state index contributed by atoms with van der Waals surface area (Å²) in [5.74, 6) is 0.798. The summed E-state index contributed by atoms with van der Waals surface area (Å²) < 4.78 is 32.4. The zero-order valence-corrected chi connectivity index (χ0v) is 16.8. The van der Waals surface area contributed by atoms with E-state index < -0.39 is 10.0 Å². The highest BCUT2D eigenvalue weighted by Gasteiger charge is 2.31. The fourth-order valence-electron chi connectivity index (χ4n) is 3.66. The van der Waals surface area contributed by atoms with Gasteiger partial charge in [0.1, 0.15) is 11.3 Å². The van der Waals surface area contributed by atoms with E-state index in [0.717, 1.165) is 6.42 Å². The number of benzene rings is 1. The number of anilines is 1. The Morgan fingerprint density at radius 3 is 2.26 bits per heavy atom. The molecule has 1 amide bonds. The third-order valence-electron chi connectivity index (χ3n) is 4.85. The number of carbonyl (C=O) groups is 1. The molecule has 7 nitrogen and oxygen atoms in total. The molecule has 0 bridgehead atoms. The largest absolute Gasteiger partial charge is 0.361 e. The third-order valence-corrected chi connectivity index (χ3v) is 6.69. The highest BCUT2D eigenvalue weighted by atomic mass is 32.2. The highest BCUT2D eigenvalue weighted by Crippen LogP contribution is 2.27.